The van der Waals surface area contributed by atoms with Crippen LogP contribution < -0.4 is 5.32 Å². The molecule has 2 heterocycles. The number of hydrogen-bond donors (Lipinski definition) is 1. The van der Waals surface area contributed by atoms with E-state index < -0.39 is 34.6 Å². The molecule has 0 unspecified atom stereocenters. The highest BCUT2D eigenvalue weighted by molar-refractivity contribution is 9.10. The van der Waals surface area contributed by atoms with Crippen LogP contribution in [0.25, 0.3) is 10.9 Å². The van der Waals surface area contributed by atoms with E-state index in [9.17, 15) is 23.7 Å². The van der Waals surface area contributed by atoms with Crippen molar-refractivity contribution in [1.82, 2.24) is 9.88 Å². The Kier molecular flexibility index (Phi) is 6.11. The zero-order valence-electron chi connectivity index (χ0n) is 16.6. The van der Waals surface area contributed by atoms with E-state index in [0.29, 0.717) is 5.39 Å². The molecule has 0 aliphatic carbocycles. The quantitative estimate of drug-likeness (QED) is 0.493. The Balaban J connectivity index is 1.86. The number of amides is 1. The van der Waals surface area contributed by atoms with Gasteiger partial charge in [0, 0.05) is 18.0 Å². The van der Waals surface area contributed by atoms with Crippen LogP contribution in [0, 0.1) is 15.9 Å². The normalized spacial score (nSPS) is 19.6. The first-order chi connectivity index (χ1) is 14.0. The topological polar surface area (TPSA) is 97.6 Å². The number of hydrogen-bond acceptors (Lipinski definition) is 6. The summed E-state index contributed by atoms with van der Waals surface area (Å²) < 4.78 is 34.1. The van der Waals surface area contributed by atoms with Gasteiger partial charge in [0.25, 0.3) is 0 Å². The molecular formula is C19H21BrF2N4O4. The van der Waals surface area contributed by atoms with Crippen molar-refractivity contribution in [2.45, 2.75) is 45.0 Å². The number of nitro groups is 1. The third-order valence-electron chi connectivity index (χ3n) is 4.61. The summed E-state index contributed by atoms with van der Waals surface area (Å²) in [5, 5.41) is 14.7. The van der Waals surface area contributed by atoms with Gasteiger partial charge in [-0.2, -0.15) is 0 Å². The second kappa shape index (κ2) is 8.29. The van der Waals surface area contributed by atoms with Crippen LogP contribution in [-0.2, 0) is 4.74 Å². The highest BCUT2D eigenvalue weighted by Gasteiger charge is 2.35. The van der Waals surface area contributed by atoms with Gasteiger partial charge < -0.3 is 15.0 Å². The minimum absolute atomic E-state index is 0.0593. The van der Waals surface area contributed by atoms with Gasteiger partial charge in [-0.1, -0.05) is 0 Å². The number of carbonyl (C=O) groups excluding carboxylic acids is 1. The molecule has 0 bridgehead atoms. The van der Waals surface area contributed by atoms with E-state index in [0.717, 1.165) is 12.3 Å². The van der Waals surface area contributed by atoms with Gasteiger partial charge in [0.15, 0.2) is 0 Å². The molecule has 1 aliphatic heterocycles. The standard InChI is InChI=1S/C19H21BrF2N4O4/c1-19(2,3)30-18(27)25-5-4-14(13(22)9-25)24-17-10-6-11(20)12(21)7-15(10)23-8-16(17)26(28)29/h6-8,13-14H,4-5,9H2,1-3H3,(H,23,24)/t13-,14-/m0/s1. The predicted octanol–water partition coefficient (Wildman–Crippen LogP) is 4.80. The number of nitrogens with one attached hydrogen (secondary N) is 1. The average molecular weight is 487 g/mol. The van der Waals surface area contributed by atoms with Crippen LogP contribution in [0.1, 0.15) is 27.2 Å². The lowest BCUT2D eigenvalue weighted by atomic mass is 10.0. The van der Waals surface area contributed by atoms with Gasteiger partial charge in [0.2, 0.25) is 0 Å². The molecule has 162 valence electrons. The molecule has 1 fully saturated rings. The number of nitrogens with zero attached hydrogens (tertiary/aromatic N) is 3. The largest absolute Gasteiger partial charge is 0.444 e. The molecule has 3 rings (SSSR count). The van der Waals surface area contributed by atoms with Crippen LogP contribution in [-0.4, -0.2) is 51.8 Å². The monoisotopic (exact) mass is 486 g/mol. The fraction of sp³-hybridized carbons (Fsp3) is 0.474. The summed E-state index contributed by atoms with van der Waals surface area (Å²) in [5.74, 6) is -0.566. The van der Waals surface area contributed by atoms with Gasteiger partial charge in [-0.25, -0.2) is 18.6 Å². The Bertz CT molecular complexity index is 999. The molecule has 0 spiro atoms. The summed E-state index contributed by atoms with van der Waals surface area (Å²) in [6.07, 6.45) is -0.869. The third kappa shape index (κ3) is 4.77. The van der Waals surface area contributed by atoms with Crippen LogP contribution >= 0.6 is 15.9 Å². The highest BCUT2D eigenvalue weighted by atomic mass is 79.9. The van der Waals surface area contributed by atoms with Crippen LogP contribution in [0.5, 0.6) is 0 Å². The second-order valence-electron chi connectivity index (χ2n) is 8.04. The molecule has 1 saturated heterocycles. The lowest BCUT2D eigenvalue weighted by molar-refractivity contribution is -0.384. The average Bonchev–Trinajstić information content (AvgIpc) is 2.63. The van der Waals surface area contributed by atoms with Crippen molar-refractivity contribution >= 4 is 44.3 Å². The molecule has 30 heavy (non-hydrogen) atoms. The van der Waals surface area contributed by atoms with E-state index in [1.54, 1.807) is 20.8 Å². The number of halogens is 3. The smallest absolute Gasteiger partial charge is 0.410 e. The molecule has 1 amide bonds. The number of carbonyl (C=O) groups is 1. The maximum atomic E-state index is 14.9. The molecule has 8 nitrogen and oxygen atoms in total. The summed E-state index contributed by atoms with van der Waals surface area (Å²) in [4.78, 5) is 28.3. The minimum Gasteiger partial charge on any atom is -0.444 e. The number of rotatable bonds is 3. The Morgan fingerprint density at radius 1 is 1.43 bits per heavy atom. The molecule has 2 aromatic rings. The van der Waals surface area contributed by atoms with Gasteiger partial charge in [-0.3, -0.25) is 10.1 Å². The third-order valence-corrected chi connectivity index (χ3v) is 5.22. The molecular weight excluding hydrogens is 466 g/mol. The molecule has 1 N–H and O–H groups in total. The number of anilines is 1. The van der Waals surface area contributed by atoms with Crippen LogP contribution in [0.4, 0.5) is 25.0 Å². The van der Waals surface area contributed by atoms with Crippen molar-refractivity contribution in [3.8, 4) is 0 Å². The van der Waals surface area contributed by atoms with E-state index in [1.165, 1.54) is 11.0 Å². The van der Waals surface area contributed by atoms with E-state index in [4.69, 9.17) is 4.74 Å². The number of alkyl halides is 1. The minimum atomic E-state index is -1.49. The van der Waals surface area contributed by atoms with Crippen molar-refractivity contribution in [2.75, 3.05) is 18.4 Å². The summed E-state index contributed by atoms with van der Waals surface area (Å²) in [7, 11) is 0. The number of benzene rings is 1. The van der Waals surface area contributed by atoms with Crippen LogP contribution in [0.3, 0.4) is 0 Å². The van der Waals surface area contributed by atoms with Crippen LogP contribution in [0.2, 0.25) is 0 Å². The number of piperidine rings is 1. The van der Waals surface area contributed by atoms with E-state index in [2.05, 4.69) is 26.2 Å². The van der Waals surface area contributed by atoms with Crippen LogP contribution in [0.15, 0.2) is 22.8 Å². The fourth-order valence-corrected chi connectivity index (χ4v) is 3.56. The number of pyridine rings is 1. The Morgan fingerprint density at radius 3 is 2.73 bits per heavy atom. The van der Waals surface area contributed by atoms with E-state index >= 15 is 0 Å². The number of aromatic nitrogens is 1. The lowest BCUT2D eigenvalue weighted by Crippen LogP contribution is -2.51. The zero-order valence-corrected chi connectivity index (χ0v) is 18.2. The highest BCUT2D eigenvalue weighted by Crippen LogP contribution is 2.36. The molecule has 1 aromatic heterocycles. The molecule has 11 heteroatoms. The van der Waals surface area contributed by atoms with Gasteiger partial charge in [0.05, 0.1) is 27.5 Å². The lowest BCUT2D eigenvalue weighted by Gasteiger charge is -2.36. The van der Waals surface area contributed by atoms with Crippen molar-refractivity contribution in [3.05, 3.63) is 38.7 Å². The van der Waals surface area contributed by atoms with E-state index in [-0.39, 0.29) is 40.9 Å². The first-order valence-corrected chi connectivity index (χ1v) is 10.1. The Morgan fingerprint density at radius 2 is 2.13 bits per heavy atom. The second-order valence-corrected chi connectivity index (χ2v) is 8.90. The van der Waals surface area contributed by atoms with Crippen molar-refractivity contribution < 1.29 is 23.2 Å². The molecule has 0 saturated carbocycles. The Hall–Kier alpha value is -2.56. The summed E-state index contributed by atoms with van der Waals surface area (Å²) in [6, 6.07) is 1.74. The first kappa shape index (κ1) is 22.1. The molecule has 1 aliphatic rings. The number of likely N-dealkylation sites (tertiary alicyclic amines) is 1. The molecule has 2 atom stereocenters. The number of ether oxygens (including phenoxy) is 1. The maximum absolute atomic E-state index is 14.9. The van der Waals surface area contributed by atoms with Crippen molar-refractivity contribution in [1.29, 1.82) is 0 Å². The van der Waals surface area contributed by atoms with Gasteiger partial charge in [0.1, 0.15) is 29.5 Å². The zero-order chi connectivity index (χ0) is 22.2. The fourth-order valence-electron chi connectivity index (χ4n) is 3.21. The maximum Gasteiger partial charge on any atom is 0.410 e. The Labute approximate surface area is 179 Å². The molecule has 0 radical (unpaired) electrons. The summed E-state index contributed by atoms with van der Waals surface area (Å²) >= 11 is 3.06. The number of fused-ring (bicyclic) bond motifs is 1. The van der Waals surface area contributed by atoms with Gasteiger partial charge in [-0.05, 0) is 49.2 Å². The SMILES string of the molecule is CC(C)(C)OC(=O)N1CC[C@H](Nc2c([N+](=O)[O-])cnc3cc(F)c(Br)cc23)[C@@H](F)C1. The van der Waals surface area contributed by atoms with Gasteiger partial charge in [-0.15, -0.1) is 0 Å². The first-order valence-electron chi connectivity index (χ1n) is 9.27. The van der Waals surface area contributed by atoms with E-state index in [1.807, 2.05) is 0 Å². The summed E-state index contributed by atoms with van der Waals surface area (Å²) in [5.41, 5.74) is -0.783. The summed E-state index contributed by atoms with van der Waals surface area (Å²) in [6.45, 7) is 5.19. The predicted molar refractivity (Wildman–Crippen MR) is 111 cm³/mol. The van der Waals surface area contributed by atoms with Gasteiger partial charge >= 0.3 is 11.8 Å². The van der Waals surface area contributed by atoms with Crippen molar-refractivity contribution in [2.24, 2.45) is 0 Å². The molecule has 1 aromatic carbocycles. The van der Waals surface area contributed by atoms with Crippen molar-refractivity contribution in [3.63, 3.8) is 0 Å².